The first-order valence-corrected chi connectivity index (χ1v) is 6.11. The normalized spacial score (nSPS) is 12.3. The van der Waals surface area contributed by atoms with Crippen molar-refractivity contribution < 1.29 is 9.53 Å². The van der Waals surface area contributed by atoms with E-state index in [0.29, 0.717) is 6.61 Å². The average molecular weight is 255 g/mol. The van der Waals surface area contributed by atoms with Gasteiger partial charge in [-0.05, 0) is 25.7 Å². The van der Waals surface area contributed by atoms with Gasteiger partial charge in [0.2, 0.25) is 5.91 Å². The molecule has 0 aliphatic carbocycles. The van der Waals surface area contributed by atoms with E-state index in [9.17, 15) is 4.79 Å². The number of ether oxygens (including phenoxy) is 1. The Morgan fingerprint density at radius 1 is 1.61 bits per heavy atom. The van der Waals surface area contributed by atoms with Crippen LogP contribution in [0.5, 0.6) is 0 Å². The number of carbonyl (C=O) groups excluding carboxylic acids is 1. The Morgan fingerprint density at radius 3 is 3.11 bits per heavy atom. The van der Waals surface area contributed by atoms with Crippen LogP contribution in [0.15, 0.2) is 6.20 Å². The molecule has 0 radical (unpaired) electrons. The molecule has 7 nitrogen and oxygen atoms in total. The fraction of sp³-hybridized carbons (Fsp3) is 0.727. The van der Waals surface area contributed by atoms with E-state index < -0.39 is 0 Å². The number of carbonyl (C=O) groups is 1. The third kappa shape index (κ3) is 6.31. The van der Waals surface area contributed by atoms with Crippen LogP contribution in [0.4, 0.5) is 0 Å². The zero-order valence-corrected chi connectivity index (χ0v) is 10.7. The first-order valence-electron chi connectivity index (χ1n) is 6.11. The number of aromatic nitrogens is 3. The number of aryl methyl sites for hydroxylation is 1. The summed E-state index contributed by atoms with van der Waals surface area (Å²) in [5, 5.41) is 12.8. The molecule has 0 fully saturated rings. The second kappa shape index (κ2) is 8.60. The van der Waals surface area contributed by atoms with Crippen LogP contribution in [-0.2, 0) is 16.0 Å². The van der Waals surface area contributed by atoms with E-state index in [1.54, 1.807) is 13.2 Å². The predicted molar refractivity (Wildman–Crippen MR) is 66.8 cm³/mol. The summed E-state index contributed by atoms with van der Waals surface area (Å²) in [5.41, 5.74) is 6.89. The number of hydrogen-bond acceptors (Lipinski definition) is 5. The number of nitrogens with zero attached hydrogens (tertiary/aromatic N) is 2. The van der Waals surface area contributed by atoms with E-state index >= 15 is 0 Å². The van der Waals surface area contributed by atoms with Gasteiger partial charge in [-0.3, -0.25) is 4.79 Å². The van der Waals surface area contributed by atoms with Crippen molar-refractivity contribution >= 4 is 5.91 Å². The van der Waals surface area contributed by atoms with E-state index in [0.717, 1.165) is 31.4 Å². The van der Waals surface area contributed by atoms with Crippen LogP contribution in [0.3, 0.4) is 0 Å². The van der Waals surface area contributed by atoms with Gasteiger partial charge in [0.05, 0.1) is 11.9 Å². The van der Waals surface area contributed by atoms with Crippen molar-refractivity contribution in [3.05, 3.63) is 11.9 Å². The lowest BCUT2D eigenvalue weighted by Crippen LogP contribution is -2.26. The van der Waals surface area contributed by atoms with Crippen molar-refractivity contribution in [2.75, 3.05) is 20.3 Å². The average Bonchev–Trinajstić information content (AvgIpc) is 2.87. The second-order valence-electron chi connectivity index (χ2n) is 4.13. The number of amides is 1. The summed E-state index contributed by atoms with van der Waals surface area (Å²) >= 11 is 0. The lowest BCUT2D eigenvalue weighted by Gasteiger charge is -2.10. The van der Waals surface area contributed by atoms with E-state index in [1.165, 1.54) is 0 Å². The van der Waals surface area contributed by atoms with Gasteiger partial charge in [-0.25, -0.2) is 0 Å². The summed E-state index contributed by atoms with van der Waals surface area (Å²) in [6.07, 6.45) is 5.25. The molecule has 0 spiro atoms. The maximum Gasteiger partial charge on any atom is 0.245 e. The molecule has 1 atom stereocenters. The van der Waals surface area contributed by atoms with E-state index in [2.05, 4.69) is 20.7 Å². The summed E-state index contributed by atoms with van der Waals surface area (Å²) in [5.74, 6) is -0.116. The SMILES string of the molecule is CNC(=O)COCCC(N)CCCc1cn[nH]n1. The van der Waals surface area contributed by atoms with Crippen LogP contribution in [0.25, 0.3) is 0 Å². The molecule has 1 heterocycles. The first kappa shape index (κ1) is 14.6. The molecule has 0 bridgehead atoms. The molecule has 1 unspecified atom stereocenters. The highest BCUT2D eigenvalue weighted by Gasteiger charge is 2.05. The molecule has 1 rings (SSSR count). The van der Waals surface area contributed by atoms with E-state index in [-0.39, 0.29) is 18.6 Å². The van der Waals surface area contributed by atoms with Crippen molar-refractivity contribution in [1.29, 1.82) is 0 Å². The van der Waals surface area contributed by atoms with Crippen LogP contribution < -0.4 is 11.1 Å². The summed E-state index contributed by atoms with van der Waals surface area (Å²) in [4.78, 5) is 10.9. The third-order valence-electron chi connectivity index (χ3n) is 2.62. The smallest absolute Gasteiger partial charge is 0.245 e. The second-order valence-corrected chi connectivity index (χ2v) is 4.13. The number of hydrogen-bond donors (Lipinski definition) is 3. The molecule has 0 aliphatic rings. The maximum atomic E-state index is 10.9. The molecule has 102 valence electrons. The van der Waals surface area contributed by atoms with Crippen molar-refractivity contribution in [1.82, 2.24) is 20.7 Å². The Balaban J connectivity index is 1.97. The van der Waals surface area contributed by atoms with E-state index in [1.807, 2.05) is 0 Å². The lowest BCUT2D eigenvalue weighted by molar-refractivity contribution is -0.125. The van der Waals surface area contributed by atoms with Gasteiger partial charge in [0.1, 0.15) is 6.61 Å². The molecule has 0 saturated heterocycles. The lowest BCUT2D eigenvalue weighted by atomic mass is 10.1. The summed E-state index contributed by atoms with van der Waals surface area (Å²) in [6, 6.07) is 0.0987. The number of rotatable bonds is 9. The van der Waals surface area contributed by atoms with Gasteiger partial charge in [-0.15, -0.1) is 0 Å². The highest BCUT2D eigenvalue weighted by atomic mass is 16.5. The molecule has 0 aromatic carbocycles. The predicted octanol–water partition coefficient (Wildman–Crippen LogP) is -0.393. The van der Waals surface area contributed by atoms with Crippen LogP contribution in [0.1, 0.15) is 25.0 Å². The van der Waals surface area contributed by atoms with E-state index in [4.69, 9.17) is 10.5 Å². The molecule has 1 aromatic rings. The molecule has 0 saturated carbocycles. The first-order chi connectivity index (χ1) is 8.72. The minimum absolute atomic E-state index is 0.0987. The Bertz CT molecular complexity index is 328. The van der Waals surface area contributed by atoms with Crippen molar-refractivity contribution in [3.63, 3.8) is 0 Å². The number of H-pyrrole nitrogens is 1. The highest BCUT2D eigenvalue weighted by Crippen LogP contribution is 2.04. The Labute approximate surface area is 106 Å². The fourth-order valence-corrected chi connectivity index (χ4v) is 1.51. The topological polar surface area (TPSA) is 106 Å². The molecule has 18 heavy (non-hydrogen) atoms. The Hall–Kier alpha value is -1.47. The summed E-state index contributed by atoms with van der Waals surface area (Å²) in [6.45, 7) is 0.612. The summed E-state index contributed by atoms with van der Waals surface area (Å²) < 4.78 is 5.19. The monoisotopic (exact) mass is 255 g/mol. The zero-order chi connectivity index (χ0) is 13.2. The maximum absolute atomic E-state index is 10.9. The minimum atomic E-state index is -0.116. The van der Waals surface area contributed by atoms with Gasteiger partial charge in [-0.1, -0.05) is 0 Å². The standard InChI is InChI=1S/C11H21N5O2/c1-13-11(17)8-18-6-5-9(12)3-2-4-10-7-14-16-15-10/h7,9H,2-6,8,12H2,1H3,(H,13,17)(H,14,15,16). The van der Waals surface area contributed by atoms with Crippen LogP contribution in [0.2, 0.25) is 0 Å². The quantitative estimate of drug-likeness (QED) is 0.521. The highest BCUT2D eigenvalue weighted by molar-refractivity contribution is 5.76. The van der Waals surface area contributed by atoms with Crippen LogP contribution in [-0.4, -0.2) is 47.6 Å². The van der Waals surface area contributed by atoms with Gasteiger partial charge in [0.15, 0.2) is 0 Å². The van der Waals surface area contributed by atoms with Crippen molar-refractivity contribution in [3.8, 4) is 0 Å². The molecule has 0 aliphatic heterocycles. The number of nitrogens with two attached hydrogens (primary N) is 1. The Kier molecular flexibility index (Phi) is 6.97. The summed E-state index contributed by atoms with van der Waals surface area (Å²) in [7, 11) is 1.58. The van der Waals surface area contributed by atoms with Crippen LogP contribution in [0, 0.1) is 0 Å². The Morgan fingerprint density at radius 2 is 2.44 bits per heavy atom. The zero-order valence-electron chi connectivity index (χ0n) is 10.7. The van der Waals surface area contributed by atoms with Crippen molar-refractivity contribution in [2.24, 2.45) is 5.73 Å². The number of aromatic amines is 1. The van der Waals surface area contributed by atoms with Crippen LogP contribution >= 0.6 is 0 Å². The molecule has 1 aromatic heterocycles. The fourth-order valence-electron chi connectivity index (χ4n) is 1.51. The largest absolute Gasteiger partial charge is 0.372 e. The van der Waals surface area contributed by atoms with Gasteiger partial charge in [0, 0.05) is 19.7 Å². The van der Waals surface area contributed by atoms with Crippen molar-refractivity contribution in [2.45, 2.75) is 31.7 Å². The molecule has 4 N–H and O–H groups in total. The van der Waals surface area contributed by atoms with Gasteiger partial charge < -0.3 is 15.8 Å². The third-order valence-corrected chi connectivity index (χ3v) is 2.62. The molecule has 1 amide bonds. The molecular formula is C11H21N5O2. The number of likely N-dealkylation sites (N-methyl/N-ethyl adjacent to an activating group) is 1. The molecule has 7 heteroatoms. The van der Waals surface area contributed by atoms with Gasteiger partial charge >= 0.3 is 0 Å². The minimum Gasteiger partial charge on any atom is -0.372 e. The number of nitrogens with one attached hydrogen (secondary N) is 2. The van der Waals surface area contributed by atoms with Gasteiger partial charge in [0.25, 0.3) is 0 Å². The van der Waals surface area contributed by atoms with Gasteiger partial charge in [-0.2, -0.15) is 15.4 Å². The molecular weight excluding hydrogens is 234 g/mol.